The van der Waals surface area contributed by atoms with E-state index in [4.69, 9.17) is 4.74 Å². The predicted molar refractivity (Wildman–Crippen MR) is 78.7 cm³/mol. The lowest BCUT2D eigenvalue weighted by Crippen LogP contribution is -2.25. The number of hydrogen-bond acceptors (Lipinski definition) is 5. The van der Waals surface area contributed by atoms with Gasteiger partial charge in [0.15, 0.2) is 0 Å². The largest absolute Gasteiger partial charge is 0.462 e. The van der Waals surface area contributed by atoms with E-state index < -0.39 is 0 Å². The van der Waals surface area contributed by atoms with Crippen LogP contribution in [0, 0.1) is 0 Å². The van der Waals surface area contributed by atoms with Crippen molar-refractivity contribution in [2.24, 2.45) is 7.05 Å². The van der Waals surface area contributed by atoms with Crippen molar-refractivity contribution in [3.05, 3.63) is 17.5 Å². The summed E-state index contributed by atoms with van der Waals surface area (Å²) in [4.78, 5) is 16.2. The normalized spacial score (nSPS) is 11.3. The molecule has 0 N–H and O–H groups in total. The molecule has 0 amide bonds. The second-order valence-electron chi connectivity index (χ2n) is 5.24. The summed E-state index contributed by atoms with van der Waals surface area (Å²) in [7, 11) is 8.04. The molecule has 0 bridgehead atoms. The molecule has 1 aromatic heterocycles. The monoisotopic (exact) mass is 282 g/mol. The Morgan fingerprint density at radius 1 is 1.35 bits per heavy atom. The lowest BCUT2D eigenvalue weighted by Gasteiger charge is -2.18. The number of rotatable bonds is 8. The van der Waals surface area contributed by atoms with Crippen LogP contribution < -0.4 is 0 Å². The van der Waals surface area contributed by atoms with Gasteiger partial charge in [-0.25, -0.2) is 4.79 Å². The Hall–Kier alpha value is -1.40. The highest BCUT2D eigenvalue weighted by molar-refractivity contribution is 5.90. The van der Waals surface area contributed by atoms with E-state index in [0.29, 0.717) is 18.7 Å². The minimum atomic E-state index is -0.294. The van der Waals surface area contributed by atoms with E-state index in [1.54, 1.807) is 17.8 Å². The van der Waals surface area contributed by atoms with E-state index in [9.17, 15) is 4.79 Å². The fourth-order valence-corrected chi connectivity index (χ4v) is 2.02. The molecule has 6 nitrogen and oxygen atoms in total. The van der Waals surface area contributed by atoms with Crippen molar-refractivity contribution in [3.8, 4) is 0 Å². The molecular formula is C14H26N4O2. The lowest BCUT2D eigenvalue weighted by atomic mass is 10.2. The van der Waals surface area contributed by atoms with Crippen molar-refractivity contribution >= 4 is 5.97 Å². The molecule has 1 heterocycles. The summed E-state index contributed by atoms with van der Waals surface area (Å²) < 4.78 is 6.80. The molecule has 0 unspecified atom stereocenters. The van der Waals surface area contributed by atoms with Gasteiger partial charge in [0, 0.05) is 13.6 Å². The zero-order chi connectivity index (χ0) is 15.1. The first-order valence-electron chi connectivity index (χ1n) is 6.97. The van der Waals surface area contributed by atoms with Crippen LogP contribution in [0.3, 0.4) is 0 Å². The second kappa shape index (κ2) is 8.01. The van der Waals surface area contributed by atoms with E-state index in [-0.39, 0.29) is 5.97 Å². The fourth-order valence-electron chi connectivity index (χ4n) is 2.02. The third kappa shape index (κ3) is 4.94. The molecule has 1 aromatic rings. The van der Waals surface area contributed by atoms with Gasteiger partial charge in [0.2, 0.25) is 0 Å². The Morgan fingerprint density at radius 2 is 2.05 bits per heavy atom. The molecule has 1 rings (SSSR count). The highest BCUT2D eigenvalue weighted by Gasteiger charge is 2.18. The molecule has 0 saturated carbocycles. The maximum absolute atomic E-state index is 11.9. The SMILES string of the molecule is CCOC(=O)c1cnn(C)c1CN(C)CCCN(C)C. The average molecular weight is 282 g/mol. The number of aromatic nitrogens is 2. The van der Waals surface area contributed by atoms with Crippen LogP contribution in [0.25, 0.3) is 0 Å². The highest BCUT2D eigenvalue weighted by atomic mass is 16.5. The molecule has 0 saturated heterocycles. The van der Waals surface area contributed by atoms with Crippen LogP contribution in [0.1, 0.15) is 29.4 Å². The smallest absolute Gasteiger partial charge is 0.341 e. The molecule has 0 aliphatic heterocycles. The van der Waals surface area contributed by atoms with Crippen molar-refractivity contribution in [1.29, 1.82) is 0 Å². The summed E-state index contributed by atoms with van der Waals surface area (Å²) in [5, 5.41) is 4.16. The van der Waals surface area contributed by atoms with E-state index in [2.05, 4.69) is 36.0 Å². The van der Waals surface area contributed by atoms with Gasteiger partial charge in [0.1, 0.15) is 5.56 Å². The first-order valence-corrected chi connectivity index (χ1v) is 6.97. The first-order chi connectivity index (χ1) is 9.45. The minimum absolute atomic E-state index is 0.294. The van der Waals surface area contributed by atoms with Gasteiger partial charge in [-0.15, -0.1) is 0 Å². The number of esters is 1. The van der Waals surface area contributed by atoms with Gasteiger partial charge in [-0.1, -0.05) is 0 Å². The number of carbonyl (C=O) groups is 1. The van der Waals surface area contributed by atoms with Crippen LogP contribution in [0.4, 0.5) is 0 Å². The minimum Gasteiger partial charge on any atom is -0.462 e. The number of aryl methyl sites for hydroxylation is 1. The Balaban J connectivity index is 2.62. The maximum atomic E-state index is 11.9. The number of nitrogens with zero attached hydrogens (tertiary/aromatic N) is 4. The Bertz CT molecular complexity index is 429. The van der Waals surface area contributed by atoms with Gasteiger partial charge >= 0.3 is 5.97 Å². The predicted octanol–water partition coefficient (Wildman–Crippen LogP) is 0.980. The van der Waals surface area contributed by atoms with Crippen LogP contribution in [0.15, 0.2) is 6.20 Å². The van der Waals surface area contributed by atoms with Crippen molar-refractivity contribution < 1.29 is 9.53 Å². The molecule has 0 aliphatic rings. The second-order valence-corrected chi connectivity index (χ2v) is 5.24. The molecule has 0 atom stereocenters. The highest BCUT2D eigenvalue weighted by Crippen LogP contribution is 2.12. The standard InChI is InChI=1S/C14H26N4O2/c1-6-20-14(19)12-10-15-18(5)13(12)11-17(4)9-7-8-16(2)3/h10H,6-9,11H2,1-5H3. The third-order valence-corrected chi connectivity index (χ3v) is 3.12. The van der Waals surface area contributed by atoms with Crippen LogP contribution in [0.2, 0.25) is 0 Å². The fraction of sp³-hybridized carbons (Fsp3) is 0.714. The molecule has 0 fully saturated rings. The van der Waals surface area contributed by atoms with E-state index in [1.807, 2.05) is 7.05 Å². The van der Waals surface area contributed by atoms with Crippen LogP contribution in [-0.2, 0) is 18.3 Å². The van der Waals surface area contributed by atoms with Crippen molar-refractivity contribution in [3.63, 3.8) is 0 Å². The van der Waals surface area contributed by atoms with E-state index in [1.165, 1.54) is 0 Å². The molecular weight excluding hydrogens is 256 g/mol. The molecule has 114 valence electrons. The third-order valence-electron chi connectivity index (χ3n) is 3.12. The van der Waals surface area contributed by atoms with Gasteiger partial charge in [0.05, 0.1) is 18.5 Å². The van der Waals surface area contributed by atoms with Crippen LogP contribution in [0.5, 0.6) is 0 Å². The van der Waals surface area contributed by atoms with Gasteiger partial charge in [0.25, 0.3) is 0 Å². The van der Waals surface area contributed by atoms with Crippen LogP contribution >= 0.6 is 0 Å². The average Bonchev–Trinajstić information content (AvgIpc) is 2.71. The zero-order valence-electron chi connectivity index (χ0n) is 13.2. The number of carbonyl (C=O) groups excluding carboxylic acids is 1. The Morgan fingerprint density at radius 3 is 2.65 bits per heavy atom. The van der Waals surface area contributed by atoms with Gasteiger partial charge in [-0.2, -0.15) is 5.10 Å². The van der Waals surface area contributed by atoms with E-state index in [0.717, 1.165) is 25.2 Å². The Kier molecular flexibility index (Phi) is 6.67. The first kappa shape index (κ1) is 16.7. The summed E-state index contributed by atoms with van der Waals surface area (Å²) in [6, 6.07) is 0. The van der Waals surface area contributed by atoms with Crippen molar-refractivity contribution in [2.45, 2.75) is 19.9 Å². The molecule has 0 aromatic carbocycles. The molecule has 0 radical (unpaired) electrons. The van der Waals surface area contributed by atoms with Gasteiger partial charge in [-0.3, -0.25) is 4.68 Å². The summed E-state index contributed by atoms with van der Waals surface area (Å²) in [5.74, 6) is -0.294. The van der Waals surface area contributed by atoms with Gasteiger partial charge in [-0.05, 0) is 47.6 Å². The van der Waals surface area contributed by atoms with Crippen molar-refractivity contribution in [1.82, 2.24) is 19.6 Å². The Labute approximate surface area is 121 Å². The number of ether oxygens (including phenoxy) is 1. The summed E-state index contributed by atoms with van der Waals surface area (Å²) in [5.41, 5.74) is 1.46. The zero-order valence-corrected chi connectivity index (χ0v) is 13.2. The summed E-state index contributed by atoms with van der Waals surface area (Å²) in [6.45, 7) is 4.91. The van der Waals surface area contributed by atoms with Gasteiger partial charge < -0.3 is 14.5 Å². The lowest BCUT2D eigenvalue weighted by molar-refractivity contribution is 0.0524. The summed E-state index contributed by atoms with van der Waals surface area (Å²) >= 11 is 0. The quantitative estimate of drug-likeness (QED) is 0.665. The molecule has 0 spiro atoms. The van der Waals surface area contributed by atoms with E-state index >= 15 is 0 Å². The molecule has 20 heavy (non-hydrogen) atoms. The summed E-state index contributed by atoms with van der Waals surface area (Å²) in [6.07, 6.45) is 2.68. The maximum Gasteiger partial charge on any atom is 0.341 e. The van der Waals surface area contributed by atoms with Crippen molar-refractivity contribution in [2.75, 3.05) is 40.8 Å². The topological polar surface area (TPSA) is 50.6 Å². The molecule has 6 heteroatoms. The molecule has 0 aliphatic carbocycles. The number of hydrogen-bond donors (Lipinski definition) is 0. The van der Waals surface area contributed by atoms with Crippen LogP contribution in [-0.4, -0.2) is 66.4 Å².